The van der Waals surface area contributed by atoms with Crippen LogP contribution < -0.4 is 5.32 Å². The Hall–Kier alpha value is -0.870. The molecule has 0 bridgehead atoms. The molecule has 0 aromatic heterocycles. The van der Waals surface area contributed by atoms with Gasteiger partial charge in [-0.2, -0.15) is 0 Å². The SMILES string of the molecule is CCCN(C(=O)c1cccc(Br)c1)C1CCCNC1. The number of amides is 1. The molecule has 1 aliphatic rings. The zero-order chi connectivity index (χ0) is 13.7. The predicted molar refractivity (Wildman–Crippen MR) is 81.4 cm³/mol. The second kappa shape index (κ2) is 7.06. The minimum atomic E-state index is 0.150. The lowest BCUT2D eigenvalue weighted by molar-refractivity contribution is 0.0649. The molecule has 19 heavy (non-hydrogen) atoms. The summed E-state index contributed by atoms with van der Waals surface area (Å²) in [5.74, 6) is 0.150. The number of nitrogens with one attached hydrogen (secondary N) is 1. The number of carbonyl (C=O) groups excluding carboxylic acids is 1. The van der Waals surface area contributed by atoms with Gasteiger partial charge in [-0.15, -0.1) is 0 Å². The first-order valence-corrected chi connectivity index (χ1v) is 7.79. The van der Waals surface area contributed by atoms with Crippen molar-refractivity contribution in [1.82, 2.24) is 10.2 Å². The van der Waals surface area contributed by atoms with E-state index >= 15 is 0 Å². The van der Waals surface area contributed by atoms with Crippen LogP contribution in [0.2, 0.25) is 0 Å². The first-order valence-electron chi connectivity index (χ1n) is 6.99. The standard InChI is InChI=1S/C15H21BrN2O/c1-2-9-18(14-7-4-8-17-11-14)15(19)12-5-3-6-13(16)10-12/h3,5-6,10,14,17H,2,4,7-9,11H2,1H3. The molecule has 0 spiro atoms. The van der Waals surface area contributed by atoms with E-state index in [4.69, 9.17) is 0 Å². The van der Waals surface area contributed by atoms with E-state index in [1.165, 1.54) is 0 Å². The van der Waals surface area contributed by atoms with Crippen LogP contribution in [0, 0.1) is 0 Å². The first-order chi connectivity index (χ1) is 9.22. The number of carbonyl (C=O) groups is 1. The van der Waals surface area contributed by atoms with Crippen molar-refractivity contribution >= 4 is 21.8 Å². The van der Waals surface area contributed by atoms with Gasteiger partial charge in [0.2, 0.25) is 0 Å². The van der Waals surface area contributed by atoms with Crippen LogP contribution in [0.15, 0.2) is 28.7 Å². The number of hydrogen-bond acceptors (Lipinski definition) is 2. The number of hydrogen-bond donors (Lipinski definition) is 1. The quantitative estimate of drug-likeness (QED) is 0.923. The van der Waals surface area contributed by atoms with Gasteiger partial charge in [0.25, 0.3) is 5.91 Å². The summed E-state index contributed by atoms with van der Waals surface area (Å²) in [7, 11) is 0. The smallest absolute Gasteiger partial charge is 0.254 e. The summed E-state index contributed by atoms with van der Waals surface area (Å²) in [6.45, 7) is 4.94. The number of nitrogens with zero attached hydrogens (tertiary/aromatic N) is 1. The van der Waals surface area contributed by atoms with Gasteiger partial charge in [0, 0.05) is 29.2 Å². The maximum Gasteiger partial charge on any atom is 0.254 e. The van der Waals surface area contributed by atoms with Crippen molar-refractivity contribution in [2.75, 3.05) is 19.6 Å². The Morgan fingerprint density at radius 1 is 1.53 bits per heavy atom. The summed E-state index contributed by atoms with van der Waals surface area (Å²) >= 11 is 3.43. The molecule has 0 aliphatic carbocycles. The highest BCUT2D eigenvalue weighted by molar-refractivity contribution is 9.10. The van der Waals surface area contributed by atoms with Crippen molar-refractivity contribution in [3.05, 3.63) is 34.3 Å². The first kappa shape index (κ1) is 14.5. The molecule has 1 amide bonds. The van der Waals surface area contributed by atoms with Crippen LogP contribution in [-0.2, 0) is 0 Å². The van der Waals surface area contributed by atoms with Crippen LogP contribution in [0.4, 0.5) is 0 Å². The monoisotopic (exact) mass is 324 g/mol. The van der Waals surface area contributed by atoms with Gasteiger partial charge in [-0.1, -0.05) is 28.9 Å². The summed E-state index contributed by atoms with van der Waals surface area (Å²) in [6, 6.07) is 8.00. The second-order valence-corrected chi connectivity index (χ2v) is 5.92. The summed E-state index contributed by atoms with van der Waals surface area (Å²) < 4.78 is 0.955. The van der Waals surface area contributed by atoms with E-state index in [-0.39, 0.29) is 5.91 Å². The molecule has 1 aromatic carbocycles. The Labute approximate surface area is 123 Å². The topological polar surface area (TPSA) is 32.3 Å². The molecule has 104 valence electrons. The third-order valence-corrected chi connectivity index (χ3v) is 4.00. The molecule has 0 radical (unpaired) electrons. The van der Waals surface area contributed by atoms with Gasteiger partial charge in [-0.3, -0.25) is 4.79 Å². The van der Waals surface area contributed by atoms with Gasteiger partial charge >= 0.3 is 0 Å². The molecule has 3 nitrogen and oxygen atoms in total. The van der Waals surface area contributed by atoms with E-state index < -0.39 is 0 Å². The fourth-order valence-electron chi connectivity index (χ4n) is 2.58. The summed E-state index contributed by atoms with van der Waals surface area (Å²) in [4.78, 5) is 14.7. The average Bonchev–Trinajstić information content (AvgIpc) is 2.45. The molecule has 1 aromatic rings. The normalized spacial score (nSPS) is 19.2. The minimum absolute atomic E-state index is 0.150. The predicted octanol–water partition coefficient (Wildman–Crippen LogP) is 3.05. The van der Waals surface area contributed by atoms with E-state index in [9.17, 15) is 4.79 Å². The van der Waals surface area contributed by atoms with E-state index in [0.717, 1.165) is 48.9 Å². The number of piperidine rings is 1. The van der Waals surface area contributed by atoms with E-state index in [0.29, 0.717) is 6.04 Å². The molecule has 4 heteroatoms. The van der Waals surface area contributed by atoms with E-state index in [1.54, 1.807) is 0 Å². The van der Waals surface area contributed by atoms with Crippen LogP contribution in [0.1, 0.15) is 36.5 Å². The number of rotatable bonds is 4. The van der Waals surface area contributed by atoms with Gasteiger partial charge < -0.3 is 10.2 Å². The Morgan fingerprint density at radius 2 is 2.37 bits per heavy atom. The largest absolute Gasteiger partial charge is 0.334 e. The molecule has 0 saturated carbocycles. The maximum absolute atomic E-state index is 12.7. The van der Waals surface area contributed by atoms with Gasteiger partial charge in [0.15, 0.2) is 0 Å². The van der Waals surface area contributed by atoms with Crippen molar-refractivity contribution < 1.29 is 4.79 Å². The van der Waals surface area contributed by atoms with E-state index in [1.807, 2.05) is 29.2 Å². The molecular formula is C15H21BrN2O. The van der Waals surface area contributed by atoms with Gasteiger partial charge in [-0.25, -0.2) is 0 Å². The van der Waals surface area contributed by atoms with Crippen molar-refractivity contribution in [3.63, 3.8) is 0 Å². The van der Waals surface area contributed by atoms with Crippen molar-refractivity contribution in [2.24, 2.45) is 0 Å². The molecule has 1 N–H and O–H groups in total. The molecule has 1 saturated heterocycles. The lowest BCUT2D eigenvalue weighted by atomic mass is 10.0. The number of halogens is 1. The van der Waals surface area contributed by atoms with Gasteiger partial charge in [0.1, 0.15) is 0 Å². The van der Waals surface area contributed by atoms with E-state index in [2.05, 4.69) is 28.2 Å². The fourth-order valence-corrected chi connectivity index (χ4v) is 2.98. The molecular weight excluding hydrogens is 304 g/mol. The van der Waals surface area contributed by atoms with Crippen LogP contribution in [-0.4, -0.2) is 36.5 Å². The third kappa shape index (κ3) is 3.80. The van der Waals surface area contributed by atoms with Crippen molar-refractivity contribution in [2.45, 2.75) is 32.2 Å². The maximum atomic E-state index is 12.7. The summed E-state index contributed by atoms with van der Waals surface area (Å²) in [6.07, 6.45) is 3.25. The van der Waals surface area contributed by atoms with Gasteiger partial charge in [-0.05, 0) is 44.0 Å². The van der Waals surface area contributed by atoms with Crippen molar-refractivity contribution in [1.29, 1.82) is 0 Å². The van der Waals surface area contributed by atoms with Crippen LogP contribution in [0.3, 0.4) is 0 Å². The molecule has 1 heterocycles. The number of benzene rings is 1. The lowest BCUT2D eigenvalue weighted by Crippen LogP contribution is -2.49. The summed E-state index contributed by atoms with van der Waals surface area (Å²) in [5.41, 5.74) is 0.772. The zero-order valence-corrected chi connectivity index (χ0v) is 12.9. The Bertz CT molecular complexity index is 430. The van der Waals surface area contributed by atoms with Crippen molar-refractivity contribution in [3.8, 4) is 0 Å². The zero-order valence-electron chi connectivity index (χ0n) is 11.4. The van der Waals surface area contributed by atoms with Crippen LogP contribution in [0.25, 0.3) is 0 Å². The minimum Gasteiger partial charge on any atom is -0.334 e. The summed E-state index contributed by atoms with van der Waals surface area (Å²) in [5, 5.41) is 3.39. The average molecular weight is 325 g/mol. The molecule has 1 unspecified atom stereocenters. The molecule has 2 rings (SSSR count). The Kier molecular flexibility index (Phi) is 5.40. The highest BCUT2D eigenvalue weighted by Gasteiger charge is 2.25. The third-order valence-electron chi connectivity index (χ3n) is 3.51. The highest BCUT2D eigenvalue weighted by atomic mass is 79.9. The van der Waals surface area contributed by atoms with Gasteiger partial charge in [0.05, 0.1) is 0 Å². The second-order valence-electron chi connectivity index (χ2n) is 5.01. The van der Waals surface area contributed by atoms with Crippen LogP contribution in [0.5, 0.6) is 0 Å². The molecule has 1 atom stereocenters. The Balaban J connectivity index is 2.15. The molecule has 1 fully saturated rings. The molecule has 1 aliphatic heterocycles. The fraction of sp³-hybridized carbons (Fsp3) is 0.533. The lowest BCUT2D eigenvalue weighted by Gasteiger charge is -2.34. The highest BCUT2D eigenvalue weighted by Crippen LogP contribution is 2.18. The Morgan fingerprint density at radius 3 is 3.00 bits per heavy atom. The van der Waals surface area contributed by atoms with Crippen LogP contribution >= 0.6 is 15.9 Å².